The third-order valence-corrected chi connectivity index (χ3v) is 5.67. The van der Waals surface area contributed by atoms with Gasteiger partial charge in [-0.2, -0.15) is 9.40 Å². The van der Waals surface area contributed by atoms with Crippen molar-refractivity contribution in [3.05, 3.63) is 11.9 Å². The minimum absolute atomic E-state index is 0. The van der Waals surface area contributed by atoms with Crippen LogP contribution in [0, 0.1) is 0 Å². The highest BCUT2D eigenvalue weighted by Crippen LogP contribution is 2.31. The molecule has 1 saturated heterocycles. The molecule has 0 bridgehead atoms. The van der Waals surface area contributed by atoms with E-state index in [0.29, 0.717) is 23.7 Å². The lowest BCUT2D eigenvalue weighted by molar-refractivity contribution is 0.377. The van der Waals surface area contributed by atoms with Crippen LogP contribution in [0.25, 0.3) is 0 Å². The van der Waals surface area contributed by atoms with Crippen molar-refractivity contribution in [2.75, 3.05) is 20.1 Å². The SMILES string of the molecule is CNCC1CCCN1S(=O)(=O)c1cn[nH]c1C(C)(C)C.Cl. The van der Waals surface area contributed by atoms with Gasteiger partial charge in [0.15, 0.2) is 0 Å². The van der Waals surface area contributed by atoms with E-state index >= 15 is 0 Å². The summed E-state index contributed by atoms with van der Waals surface area (Å²) in [4.78, 5) is 0.313. The molecule has 1 atom stereocenters. The third-order valence-electron chi connectivity index (χ3n) is 3.70. The van der Waals surface area contributed by atoms with Crippen molar-refractivity contribution in [3.8, 4) is 0 Å². The lowest BCUT2D eigenvalue weighted by Crippen LogP contribution is -2.41. The number of rotatable bonds is 4. The summed E-state index contributed by atoms with van der Waals surface area (Å²) in [5.41, 5.74) is 0.393. The van der Waals surface area contributed by atoms with Gasteiger partial charge in [0.2, 0.25) is 10.0 Å². The summed E-state index contributed by atoms with van der Waals surface area (Å²) in [5, 5.41) is 9.87. The molecule has 0 radical (unpaired) electrons. The van der Waals surface area contributed by atoms with Gasteiger partial charge in [0.05, 0.1) is 11.9 Å². The van der Waals surface area contributed by atoms with Crippen molar-refractivity contribution in [3.63, 3.8) is 0 Å². The fourth-order valence-electron chi connectivity index (χ4n) is 2.70. The zero-order chi connectivity index (χ0) is 15.0. The van der Waals surface area contributed by atoms with Crippen LogP contribution >= 0.6 is 12.4 Å². The monoisotopic (exact) mass is 336 g/mol. The third kappa shape index (κ3) is 3.59. The van der Waals surface area contributed by atoms with E-state index < -0.39 is 10.0 Å². The Morgan fingerprint density at radius 2 is 2.14 bits per heavy atom. The van der Waals surface area contributed by atoms with E-state index in [1.807, 2.05) is 27.8 Å². The zero-order valence-electron chi connectivity index (χ0n) is 13.0. The van der Waals surface area contributed by atoms with Gasteiger partial charge in [-0.25, -0.2) is 8.42 Å². The average Bonchev–Trinajstić information content (AvgIpc) is 2.96. The molecule has 6 nitrogen and oxygen atoms in total. The van der Waals surface area contributed by atoms with Crippen molar-refractivity contribution in [1.82, 2.24) is 19.8 Å². The minimum Gasteiger partial charge on any atom is -0.318 e. The second kappa shape index (κ2) is 6.64. The first-order chi connectivity index (χ1) is 9.28. The smallest absolute Gasteiger partial charge is 0.246 e. The van der Waals surface area contributed by atoms with Crippen LogP contribution in [0.2, 0.25) is 0 Å². The zero-order valence-corrected chi connectivity index (χ0v) is 14.6. The molecule has 0 aromatic carbocycles. The molecule has 122 valence electrons. The van der Waals surface area contributed by atoms with Crippen molar-refractivity contribution < 1.29 is 8.42 Å². The molecule has 0 saturated carbocycles. The Balaban J connectivity index is 0.00000220. The van der Waals surface area contributed by atoms with Crippen molar-refractivity contribution in [2.45, 2.75) is 50.0 Å². The van der Waals surface area contributed by atoms with Crippen LogP contribution in [0.4, 0.5) is 0 Å². The molecule has 1 aliphatic rings. The van der Waals surface area contributed by atoms with Crippen LogP contribution in [-0.4, -0.2) is 49.1 Å². The summed E-state index contributed by atoms with van der Waals surface area (Å²) in [5.74, 6) is 0. The van der Waals surface area contributed by atoms with E-state index in [-0.39, 0.29) is 23.9 Å². The minimum atomic E-state index is -3.48. The van der Waals surface area contributed by atoms with Crippen molar-refractivity contribution >= 4 is 22.4 Å². The largest absolute Gasteiger partial charge is 0.318 e. The van der Waals surface area contributed by atoms with Gasteiger partial charge in [-0.3, -0.25) is 5.10 Å². The number of sulfonamides is 1. The molecule has 0 aliphatic carbocycles. The number of likely N-dealkylation sites (N-methyl/N-ethyl adjacent to an activating group) is 1. The second-order valence-electron chi connectivity index (χ2n) is 6.33. The molecule has 2 heterocycles. The van der Waals surface area contributed by atoms with Crippen LogP contribution in [0.3, 0.4) is 0 Å². The maximum atomic E-state index is 12.9. The van der Waals surface area contributed by atoms with Crippen molar-refractivity contribution in [1.29, 1.82) is 0 Å². The van der Waals surface area contributed by atoms with E-state index in [9.17, 15) is 8.42 Å². The Kier molecular flexibility index (Phi) is 5.83. The van der Waals surface area contributed by atoms with Gasteiger partial charge < -0.3 is 5.32 Å². The average molecular weight is 337 g/mol. The lowest BCUT2D eigenvalue weighted by Gasteiger charge is -2.25. The predicted octanol–water partition coefficient (Wildman–Crippen LogP) is 1.50. The normalized spacial score (nSPS) is 20.5. The molecule has 1 unspecified atom stereocenters. The number of nitrogens with one attached hydrogen (secondary N) is 2. The van der Waals surface area contributed by atoms with Gasteiger partial charge in [0, 0.05) is 24.5 Å². The number of nitrogens with zero attached hydrogens (tertiary/aromatic N) is 2. The summed E-state index contributed by atoms with van der Waals surface area (Å²) in [6.45, 7) is 7.21. The van der Waals surface area contributed by atoms with E-state index in [1.165, 1.54) is 6.20 Å². The molecule has 1 aromatic heterocycles. The first-order valence-corrected chi connectivity index (χ1v) is 8.43. The molecule has 1 aliphatic heterocycles. The molecule has 2 N–H and O–H groups in total. The number of aromatic amines is 1. The van der Waals surface area contributed by atoms with Gasteiger partial charge in [-0.1, -0.05) is 20.8 Å². The van der Waals surface area contributed by atoms with E-state index in [2.05, 4.69) is 15.5 Å². The van der Waals surface area contributed by atoms with Crippen LogP contribution in [-0.2, 0) is 15.4 Å². The van der Waals surface area contributed by atoms with Crippen LogP contribution in [0.5, 0.6) is 0 Å². The first kappa shape index (κ1) is 18.4. The van der Waals surface area contributed by atoms with Crippen LogP contribution in [0.1, 0.15) is 39.3 Å². The number of hydrogen-bond acceptors (Lipinski definition) is 4. The van der Waals surface area contributed by atoms with E-state index in [1.54, 1.807) is 4.31 Å². The molecule has 0 spiro atoms. The summed E-state index contributed by atoms with van der Waals surface area (Å²) in [6, 6.07) is 0.0349. The molecule has 0 amide bonds. The molecular weight excluding hydrogens is 312 g/mol. The number of aromatic nitrogens is 2. The fourth-order valence-corrected chi connectivity index (χ4v) is 4.69. The highest BCUT2D eigenvalue weighted by molar-refractivity contribution is 7.89. The summed E-state index contributed by atoms with van der Waals surface area (Å²) in [6.07, 6.45) is 3.25. The predicted molar refractivity (Wildman–Crippen MR) is 85.4 cm³/mol. The number of halogens is 1. The molecular formula is C13H25ClN4O2S. The van der Waals surface area contributed by atoms with Gasteiger partial charge in [-0.15, -0.1) is 12.4 Å². The lowest BCUT2D eigenvalue weighted by atomic mass is 9.92. The van der Waals surface area contributed by atoms with Crippen LogP contribution in [0.15, 0.2) is 11.1 Å². The Bertz CT molecular complexity index is 565. The first-order valence-electron chi connectivity index (χ1n) is 6.98. The molecule has 8 heteroatoms. The molecule has 21 heavy (non-hydrogen) atoms. The Morgan fingerprint density at radius 1 is 1.48 bits per heavy atom. The van der Waals surface area contributed by atoms with E-state index in [4.69, 9.17) is 0 Å². The van der Waals surface area contributed by atoms with Gasteiger partial charge in [0.25, 0.3) is 0 Å². The Morgan fingerprint density at radius 3 is 2.71 bits per heavy atom. The molecule has 2 rings (SSSR count). The molecule has 1 fully saturated rings. The van der Waals surface area contributed by atoms with Gasteiger partial charge in [-0.05, 0) is 19.9 Å². The second-order valence-corrected chi connectivity index (χ2v) is 8.19. The van der Waals surface area contributed by atoms with E-state index in [0.717, 1.165) is 12.8 Å². The quantitative estimate of drug-likeness (QED) is 0.873. The fraction of sp³-hybridized carbons (Fsp3) is 0.769. The number of H-pyrrole nitrogens is 1. The summed E-state index contributed by atoms with van der Waals surface area (Å²) >= 11 is 0. The molecule has 1 aromatic rings. The van der Waals surface area contributed by atoms with Crippen molar-refractivity contribution in [2.24, 2.45) is 0 Å². The maximum Gasteiger partial charge on any atom is 0.246 e. The highest BCUT2D eigenvalue weighted by Gasteiger charge is 2.38. The topological polar surface area (TPSA) is 78.1 Å². The Hall–Kier alpha value is -0.630. The van der Waals surface area contributed by atoms with Gasteiger partial charge in [0.1, 0.15) is 4.90 Å². The summed E-state index contributed by atoms with van der Waals surface area (Å²) < 4.78 is 27.4. The highest BCUT2D eigenvalue weighted by atomic mass is 35.5. The standard InChI is InChI=1S/C13H24N4O2S.ClH/c1-13(2,3)12-11(9-15-16-12)20(18,19)17-7-5-6-10(17)8-14-4;/h9-10,14H,5-8H2,1-4H3,(H,15,16);1H. The van der Waals surface area contributed by atoms with Gasteiger partial charge >= 0.3 is 0 Å². The maximum absolute atomic E-state index is 12.9. The Labute approximate surface area is 133 Å². The number of hydrogen-bond donors (Lipinski definition) is 2. The summed E-state index contributed by atoms with van der Waals surface area (Å²) in [7, 11) is -1.63. The van der Waals surface area contributed by atoms with Crippen LogP contribution < -0.4 is 5.32 Å².